The molecule has 0 fully saturated rings. The molecule has 3 nitrogen and oxygen atoms in total. The predicted molar refractivity (Wildman–Crippen MR) is 69.6 cm³/mol. The van der Waals surface area contributed by atoms with Crippen LogP contribution in [-0.4, -0.2) is 16.5 Å². The maximum absolute atomic E-state index is 5.19. The summed E-state index contributed by atoms with van der Waals surface area (Å²) < 4.78 is 1.15. The molecule has 15 heavy (non-hydrogen) atoms. The lowest BCUT2D eigenvalue weighted by Gasteiger charge is -2.05. The summed E-state index contributed by atoms with van der Waals surface area (Å²) in [7, 11) is 0. The van der Waals surface area contributed by atoms with Crippen LogP contribution in [0.15, 0.2) is 24.5 Å². The minimum Gasteiger partial charge on any atom is -0.359 e. The van der Waals surface area contributed by atoms with Crippen LogP contribution in [0, 0.1) is 15.9 Å². The van der Waals surface area contributed by atoms with Gasteiger partial charge in [0.05, 0.1) is 12.1 Å². The molecule has 1 aromatic heterocycles. The highest BCUT2D eigenvalue weighted by atomic mass is 127. The van der Waals surface area contributed by atoms with Crippen molar-refractivity contribution in [3.63, 3.8) is 0 Å². The highest BCUT2D eigenvalue weighted by Crippen LogP contribution is 2.21. The molecule has 0 radical (unpaired) electrons. The number of nitrogens with zero attached hydrogens (tertiary/aromatic N) is 2. The zero-order chi connectivity index (χ0) is 10.7. The van der Waals surface area contributed by atoms with Gasteiger partial charge in [0.2, 0.25) is 0 Å². The number of fused-ring (bicyclic) bond motifs is 1. The first-order valence-corrected chi connectivity index (χ1v) is 5.47. The zero-order valence-electron chi connectivity index (χ0n) is 7.87. The number of nitrogens with one attached hydrogen (secondary N) is 1. The third-order valence-corrected chi connectivity index (χ3v) is 2.63. The van der Waals surface area contributed by atoms with Crippen molar-refractivity contribution < 1.29 is 0 Å². The Morgan fingerprint density at radius 3 is 3.07 bits per heavy atom. The predicted octanol–water partition coefficient (Wildman–Crippen LogP) is 2.28. The fourth-order valence-corrected chi connectivity index (χ4v) is 1.80. The van der Waals surface area contributed by atoms with Crippen molar-refractivity contribution in [3.05, 3.63) is 28.1 Å². The van der Waals surface area contributed by atoms with Crippen molar-refractivity contribution in [1.29, 1.82) is 0 Å². The highest BCUT2D eigenvalue weighted by Gasteiger charge is 2.02. The molecule has 1 aromatic carbocycles. The maximum atomic E-state index is 5.19. The minimum absolute atomic E-state index is 0.470. The van der Waals surface area contributed by atoms with Gasteiger partial charge in [0.1, 0.15) is 12.1 Å². The van der Waals surface area contributed by atoms with Gasteiger partial charge in [-0.05, 0) is 40.8 Å². The van der Waals surface area contributed by atoms with E-state index in [0.29, 0.717) is 6.54 Å². The molecule has 2 rings (SSSR count). The number of terminal acetylenes is 1. The van der Waals surface area contributed by atoms with Gasteiger partial charge in [-0.1, -0.05) is 5.92 Å². The van der Waals surface area contributed by atoms with Gasteiger partial charge in [0, 0.05) is 8.96 Å². The second-order valence-electron chi connectivity index (χ2n) is 2.94. The van der Waals surface area contributed by atoms with Crippen LogP contribution in [0.2, 0.25) is 0 Å². The largest absolute Gasteiger partial charge is 0.359 e. The number of rotatable bonds is 2. The lowest BCUT2D eigenvalue weighted by molar-refractivity contribution is 1.19. The molecule has 0 saturated carbocycles. The Balaban J connectivity index is 2.54. The van der Waals surface area contributed by atoms with E-state index in [1.807, 2.05) is 18.2 Å². The van der Waals surface area contributed by atoms with Gasteiger partial charge >= 0.3 is 0 Å². The van der Waals surface area contributed by atoms with Gasteiger partial charge in [-0.15, -0.1) is 6.42 Å². The molecule has 0 aliphatic heterocycles. The third-order valence-electron chi connectivity index (χ3n) is 1.96. The van der Waals surface area contributed by atoms with Crippen LogP contribution < -0.4 is 5.32 Å². The molecule has 1 heterocycles. The summed E-state index contributed by atoms with van der Waals surface area (Å²) in [4.78, 5) is 8.35. The van der Waals surface area contributed by atoms with E-state index < -0.39 is 0 Å². The molecule has 0 aliphatic rings. The van der Waals surface area contributed by atoms with Crippen molar-refractivity contribution in [2.75, 3.05) is 11.9 Å². The quantitative estimate of drug-likeness (QED) is 0.683. The van der Waals surface area contributed by atoms with Crippen LogP contribution in [0.1, 0.15) is 0 Å². The summed E-state index contributed by atoms with van der Waals surface area (Å²) in [5.74, 6) is 3.31. The summed E-state index contributed by atoms with van der Waals surface area (Å²) in [6.07, 6.45) is 6.73. The van der Waals surface area contributed by atoms with E-state index in [2.05, 4.69) is 43.8 Å². The Morgan fingerprint density at radius 1 is 1.40 bits per heavy atom. The number of hydrogen-bond donors (Lipinski definition) is 1. The molecule has 74 valence electrons. The number of benzene rings is 1. The number of anilines is 1. The van der Waals surface area contributed by atoms with E-state index in [1.54, 1.807) is 0 Å². The zero-order valence-corrected chi connectivity index (χ0v) is 10.0. The van der Waals surface area contributed by atoms with Crippen LogP contribution >= 0.6 is 22.6 Å². The van der Waals surface area contributed by atoms with Crippen LogP contribution in [0.25, 0.3) is 10.9 Å². The molecule has 4 heteroatoms. The molecule has 0 bridgehead atoms. The van der Waals surface area contributed by atoms with Crippen LogP contribution in [0.5, 0.6) is 0 Å². The van der Waals surface area contributed by atoms with E-state index in [0.717, 1.165) is 20.3 Å². The van der Waals surface area contributed by atoms with Gasteiger partial charge in [-0.3, -0.25) is 0 Å². The van der Waals surface area contributed by atoms with Crippen molar-refractivity contribution in [3.8, 4) is 12.3 Å². The van der Waals surface area contributed by atoms with E-state index in [9.17, 15) is 0 Å². The summed E-state index contributed by atoms with van der Waals surface area (Å²) in [5, 5.41) is 4.07. The van der Waals surface area contributed by atoms with Gasteiger partial charge in [0.25, 0.3) is 0 Å². The van der Waals surface area contributed by atoms with E-state index in [4.69, 9.17) is 6.42 Å². The molecule has 0 atom stereocenters. The van der Waals surface area contributed by atoms with E-state index in [1.165, 1.54) is 6.33 Å². The molecule has 0 unspecified atom stereocenters. The Kier molecular flexibility index (Phi) is 3.02. The lowest BCUT2D eigenvalue weighted by Crippen LogP contribution is -2.02. The third kappa shape index (κ3) is 2.18. The molecular weight excluding hydrogens is 301 g/mol. The van der Waals surface area contributed by atoms with Crippen LogP contribution in [0.4, 0.5) is 5.82 Å². The minimum atomic E-state index is 0.470. The van der Waals surface area contributed by atoms with Crippen molar-refractivity contribution >= 4 is 39.3 Å². The first kappa shape index (κ1) is 10.2. The molecule has 0 saturated heterocycles. The standard InChI is InChI=1S/C11H8IN3/c1-2-5-13-11-9-6-8(12)3-4-10(9)14-7-15-11/h1,3-4,6-7H,5H2,(H,13,14,15). The molecule has 2 aromatic rings. The SMILES string of the molecule is C#CCNc1ncnc2ccc(I)cc12. The van der Waals surface area contributed by atoms with Crippen molar-refractivity contribution in [2.24, 2.45) is 0 Å². The average molecular weight is 309 g/mol. The first-order valence-electron chi connectivity index (χ1n) is 4.39. The second-order valence-corrected chi connectivity index (χ2v) is 4.19. The Labute approximate surface area is 101 Å². The summed E-state index contributed by atoms with van der Waals surface area (Å²) in [5.41, 5.74) is 0.921. The van der Waals surface area contributed by atoms with Gasteiger partial charge in [-0.25, -0.2) is 9.97 Å². The lowest BCUT2D eigenvalue weighted by atomic mass is 10.2. The Hall–Kier alpha value is -1.35. The molecule has 0 spiro atoms. The summed E-state index contributed by atoms with van der Waals surface area (Å²) in [6, 6.07) is 6.02. The van der Waals surface area contributed by atoms with Gasteiger partial charge in [0.15, 0.2) is 0 Å². The monoisotopic (exact) mass is 309 g/mol. The number of hydrogen-bond acceptors (Lipinski definition) is 3. The first-order chi connectivity index (χ1) is 7.31. The Morgan fingerprint density at radius 2 is 2.27 bits per heavy atom. The van der Waals surface area contributed by atoms with Gasteiger partial charge < -0.3 is 5.32 Å². The van der Waals surface area contributed by atoms with Crippen molar-refractivity contribution in [2.45, 2.75) is 0 Å². The summed E-state index contributed by atoms with van der Waals surface area (Å²) >= 11 is 2.26. The normalized spacial score (nSPS) is 9.87. The molecule has 0 aliphatic carbocycles. The molecular formula is C11H8IN3. The number of aromatic nitrogens is 2. The average Bonchev–Trinajstić information content (AvgIpc) is 2.26. The second kappa shape index (κ2) is 4.45. The van der Waals surface area contributed by atoms with Crippen LogP contribution in [-0.2, 0) is 0 Å². The van der Waals surface area contributed by atoms with Gasteiger partial charge in [-0.2, -0.15) is 0 Å². The highest BCUT2D eigenvalue weighted by molar-refractivity contribution is 14.1. The Bertz CT molecular complexity index is 531. The van der Waals surface area contributed by atoms with Crippen molar-refractivity contribution in [1.82, 2.24) is 9.97 Å². The van der Waals surface area contributed by atoms with Crippen LogP contribution in [0.3, 0.4) is 0 Å². The van der Waals surface area contributed by atoms with E-state index >= 15 is 0 Å². The smallest absolute Gasteiger partial charge is 0.138 e. The fourth-order valence-electron chi connectivity index (χ4n) is 1.30. The topological polar surface area (TPSA) is 37.8 Å². The molecule has 1 N–H and O–H groups in total. The fraction of sp³-hybridized carbons (Fsp3) is 0.0909. The maximum Gasteiger partial charge on any atom is 0.138 e. The summed E-state index contributed by atoms with van der Waals surface area (Å²) in [6.45, 7) is 0.470. The molecule has 0 amide bonds. The number of halogens is 1. The van der Waals surface area contributed by atoms with E-state index in [-0.39, 0.29) is 0 Å².